The summed E-state index contributed by atoms with van der Waals surface area (Å²) in [5.74, 6) is 0.359. The number of benzene rings is 1. The fourth-order valence-corrected chi connectivity index (χ4v) is 4.12. The van der Waals surface area contributed by atoms with Crippen LogP contribution in [0.15, 0.2) is 24.4 Å². The lowest BCUT2D eigenvalue weighted by atomic mass is 9.99. The summed E-state index contributed by atoms with van der Waals surface area (Å²) in [6, 6.07) is 5.23. The van der Waals surface area contributed by atoms with Gasteiger partial charge >= 0.3 is 0 Å². The number of carbonyl (C=O) groups is 1. The Morgan fingerprint density at radius 1 is 1.24 bits per heavy atom. The lowest BCUT2D eigenvalue weighted by Crippen LogP contribution is -2.06. The first-order valence-corrected chi connectivity index (χ1v) is 10.1. The van der Waals surface area contributed by atoms with Crippen molar-refractivity contribution in [2.45, 2.75) is 46.0 Å². The minimum atomic E-state index is -0.230. The van der Waals surface area contributed by atoms with E-state index in [1.54, 1.807) is 6.20 Å². The summed E-state index contributed by atoms with van der Waals surface area (Å²) in [5, 5.41) is 4.63. The van der Waals surface area contributed by atoms with Gasteiger partial charge in [0.15, 0.2) is 6.29 Å². The van der Waals surface area contributed by atoms with E-state index in [0.717, 1.165) is 48.9 Å². The Bertz CT molecular complexity index is 1110. The SMILES string of the molecule is CCCc1ccc(-c2nc(C=O)cn2C2=Cc3c(nn(C)c3CC)CC2)cc1F. The van der Waals surface area contributed by atoms with Gasteiger partial charge in [-0.15, -0.1) is 0 Å². The van der Waals surface area contributed by atoms with E-state index in [1.165, 1.54) is 11.8 Å². The van der Waals surface area contributed by atoms with Crippen LogP contribution in [0.3, 0.4) is 0 Å². The van der Waals surface area contributed by atoms with Crippen LogP contribution in [0.4, 0.5) is 4.39 Å². The summed E-state index contributed by atoms with van der Waals surface area (Å²) in [4.78, 5) is 15.9. The molecule has 4 rings (SSSR count). The molecule has 29 heavy (non-hydrogen) atoms. The molecule has 0 bridgehead atoms. The van der Waals surface area contributed by atoms with Gasteiger partial charge < -0.3 is 4.57 Å². The molecule has 150 valence electrons. The molecule has 1 aromatic carbocycles. The second-order valence-electron chi connectivity index (χ2n) is 7.45. The predicted octanol–water partition coefficient (Wildman–Crippen LogP) is 4.69. The van der Waals surface area contributed by atoms with Gasteiger partial charge in [0, 0.05) is 35.8 Å². The Kier molecular flexibility index (Phi) is 5.18. The van der Waals surface area contributed by atoms with E-state index in [1.807, 2.05) is 35.4 Å². The van der Waals surface area contributed by atoms with Crippen molar-refractivity contribution < 1.29 is 9.18 Å². The second kappa shape index (κ2) is 7.78. The molecule has 0 N–H and O–H groups in total. The third kappa shape index (κ3) is 3.43. The van der Waals surface area contributed by atoms with Gasteiger partial charge in [0.25, 0.3) is 0 Å². The molecule has 3 aromatic rings. The predicted molar refractivity (Wildman–Crippen MR) is 112 cm³/mol. The quantitative estimate of drug-likeness (QED) is 0.572. The number of fused-ring (bicyclic) bond motifs is 1. The number of aldehydes is 1. The standard InChI is InChI=1S/C23H25FN4O/c1-4-6-15-7-8-16(11-20(15)24)23-25-17(14-29)13-28(23)18-9-10-21-19(12-18)22(5-2)27(3)26-21/h7-8,11-14H,4-6,9-10H2,1-3H3. The first-order chi connectivity index (χ1) is 14.0. The Morgan fingerprint density at radius 2 is 2.07 bits per heavy atom. The van der Waals surface area contributed by atoms with E-state index >= 15 is 0 Å². The third-order valence-corrected chi connectivity index (χ3v) is 5.53. The summed E-state index contributed by atoms with van der Waals surface area (Å²) < 4.78 is 18.4. The highest BCUT2D eigenvalue weighted by Crippen LogP contribution is 2.32. The lowest BCUT2D eigenvalue weighted by molar-refractivity contribution is 0.111. The van der Waals surface area contributed by atoms with Gasteiger partial charge in [0.2, 0.25) is 0 Å². The van der Waals surface area contributed by atoms with Gasteiger partial charge in [0.1, 0.15) is 17.3 Å². The van der Waals surface area contributed by atoms with E-state index in [4.69, 9.17) is 0 Å². The van der Waals surface area contributed by atoms with E-state index in [0.29, 0.717) is 29.1 Å². The van der Waals surface area contributed by atoms with E-state index in [2.05, 4.69) is 23.1 Å². The molecule has 0 aliphatic heterocycles. The maximum atomic E-state index is 14.6. The summed E-state index contributed by atoms with van der Waals surface area (Å²) in [5.41, 5.74) is 6.18. The molecule has 1 aliphatic carbocycles. The lowest BCUT2D eigenvalue weighted by Gasteiger charge is -2.17. The fourth-order valence-electron chi connectivity index (χ4n) is 4.12. The Morgan fingerprint density at radius 3 is 2.76 bits per heavy atom. The van der Waals surface area contributed by atoms with Crippen molar-refractivity contribution >= 4 is 18.1 Å². The number of nitrogens with zero attached hydrogens (tertiary/aromatic N) is 4. The topological polar surface area (TPSA) is 52.7 Å². The van der Waals surface area contributed by atoms with Crippen LogP contribution in [0.25, 0.3) is 23.2 Å². The zero-order valence-electron chi connectivity index (χ0n) is 17.1. The molecule has 1 aliphatic rings. The molecule has 0 amide bonds. The number of hydrogen-bond donors (Lipinski definition) is 0. The first-order valence-electron chi connectivity index (χ1n) is 10.1. The molecule has 2 aromatic heterocycles. The molecule has 0 spiro atoms. The Labute approximate surface area is 169 Å². The molecule has 0 unspecified atom stereocenters. The van der Waals surface area contributed by atoms with Crippen LogP contribution in [0, 0.1) is 5.82 Å². The molecule has 2 heterocycles. The van der Waals surface area contributed by atoms with Crippen molar-refractivity contribution in [2.75, 3.05) is 0 Å². The zero-order valence-corrected chi connectivity index (χ0v) is 17.1. The highest BCUT2D eigenvalue weighted by molar-refractivity contribution is 5.81. The molecule has 0 radical (unpaired) electrons. The number of allylic oxidation sites excluding steroid dienone is 1. The number of aryl methyl sites for hydroxylation is 3. The van der Waals surface area contributed by atoms with E-state index < -0.39 is 0 Å². The van der Waals surface area contributed by atoms with E-state index in [-0.39, 0.29) is 5.82 Å². The molecule has 0 saturated carbocycles. The zero-order chi connectivity index (χ0) is 20.5. The molecule has 0 fully saturated rings. The van der Waals surface area contributed by atoms with Crippen LogP contribution in [-0.2, 0) is 26.3 Å². The summed E-state index contributed by atoms with van der Waals surface area (Å²) in [6.45, 7) is 4.15. The van der Waals surface area contributed by atoms with Crippen LogP contribution in [0.2, 0.25) is 0 Å². The van der Waals surface area contributed by atoms with Crippen LogP contribution in [-0.4, -0.2) is 25.6 Å². The van der Waals surface area contributed by atoms with Crippen LogP contribution in [0.1, 0.15) is 59.7 Å². The highest BCUT2D eigenvalue weighted by Gasteiger charge is 2.22. The maximum Gasteiger partial charge on any atom is 0.170 e. The average molecular weight is 392 g/mol. The van der Waals surface area contributed by atoms with Crippen molar-refractivity contribution in [3.63, 3.8) is 0 Å². The average Bonchev–Trinajstić information content (AvgIpc) is 3.29. The monoisotopic (exact) mass is 392 g/mol. The van der Waals surface area contributed by atoms with Gasteiger partial charge in [-0.1, -0.05) is 32.4 Å². The van der Waals surface area contributed by atoms with Gasteiger partial charge in [-0.2, -0.15) is 5.10 Å². The van der Waals surface area contributed by atoms with Crippen molar-refractivity contribution in [3.05, 3.63) is 58.4 Å². The number of rotatable bonds is 6. The first kappa shape index (κ1) is 19.3. The van der Waals surface area contributed by atoms with E-state index in [9.17, 15) is 9.18 Å². The third-order valence-electron chi connectivity index (χ3n) is 5.53. The molecule has 6 heteroatoms. The molecule has 0 saturated heterocycles. The van der Waals surface area contributed by atoms with Crippen LogP contribution < -0.4 is 0 Å². The number of halogens is 1. The Balaban J connectivity index is 1.82. The molecule has 5 nitrogen and oxygen atoms in total. The molecular weight excluding hydrogens is 367 g/mol. The molecule has 0 atom stereocenters. The van der Waals surface area contributed by atoms with Crippen molar-refractivity contribution in [1.82, 2.24) is 19.3 Å². The van der Waals surface area contributed by atoms with Gasteiger partial charge in [-0.25, -0.2) is 9.37 Å². The van der Waals surface area contributed by atoms with Crippen molar-refractivity contribution in [3.8, 4) is 11.4 Å². The number of carbonyl (C=O) groups excluding carboxylic acids is 1. The van der Waals surface area contributed by atoms with Crippen molar-refractivity contribution in [1.29, 1.82) is 0 Å². The maximum absolute atomic E-state index is 14.6. The van der Waals surface area contributed by atoms with Crippen LogP contribution >= 0.6 is 0 Å². The minimum Gasteiger partial charge on any atom is -0.303 e. The number of aromatic nitrogens is 4. The highest BCUT2D eigenvalue weighted by atomic mass is 19.1. The van der Waals surface area contributed by atoms with Crippen LogP contribution in [0.5, 0.6) is 0 Å². The summed E-state index contributed by atoms with van der Waals surface area (Å²) in [6.07, 6.45) is 8.69. The van der Waals surface area contributed by atoms with Gasteiger partial charge in [0.05, 0.1) is 5.69 Å². The summed E-state index contributed by atoms with van der Waals surface area (Å²) in [7, 11) is 1.97. The van der Waals surface area contributed by atoms with Gasteiger partial charge in [-0.3, -0.25) is 9.48 Å². The Hall–Kier alpha value is -3.02. The second-order valence-corrected chi connectivity index (χ2v) is 7.45. The normalized spacial score (nSPS) is 13.3. The van der Waals surface area contributed by atoms with Gasteiger partial charge in [-0.05, 0) is 43.4 Å². The largest absolute Gasteiger partial charge is 0.303 e. The smallest absolute Gasteiger partial charge is 0.170 e. The summed E-state index contributed by atoms with van der Waals surface area (Å²) >= 11 is 0. The minimum absolute atomic E-state index is 0.230. The number of imidazole rings is 1. The fraction of sp³-hybridized carbons (Fsp3) is 0.348. The van der Waals surface area contributed by atoms with Crippen molar-refractivity contribution in [2.24, 2.45) is 7.05 Å². The number of hydrogen-bond acceptors (Lipinski definition) is 3. The molecular formula is C23H25FN4O.